The second-order valence-electron chi connectivity index (χ2n) is 7.91. The molecule has 0 radical (unpaired) electrons. The Bertz CT molecular complexity index is 928. The molecule has 160 valence electrons. The van der Waals surface area contributed by atoms with E-state index in [4.69, 9.17) is 9.15 Å². The van der Waals surface area contributed by atoms with Crippen LogP contribution >= 0.6 is 0 Å². The van der Waals surface area contributed by atoms with Gasteiger partial charge < -0.3 is 19.4 Å². The fraction of sp³-hybridized carbons (Fsp3) is 0.478. The lowest BCUT2D eigenvalue weighted by Gasteiger charge is -2.34. The maximum Gasteiger partial charge on any atom is 0.260 e. The fourth-order valence-corrected chi connectivity index (χ4v) is 4.17. The molecule has 2 amide bonds. The molecule has 1 aliphatic heterocycles. The first-order valence-corrected chi connectivity index (χ1v) is 10.7. The molecule has 7 heteroatoms. The molecule has 1 aliphatic carbocycles. The summed E-state index contributed by atoms with van der Waals surface area (Å²) in [5, 5.41) is 3.89. The number of nitrogens with zero attached hydrogens (tertiary/aromatic N) is 2. The molecule has 1 saturated heterocycles. The highest BCUT2D eigenvalue weighted by Crippen LogP contribution is 2.33. The summed E-state index contributed by atoms with van der Waals surface area (Å²) < 4.78 is 11.8. The van der Waals surface area contributed by atoms with E-state index in [9.17, 15) is 9.59 Å². The standard InChI is InChI=1S/C23H29N3O4/c1-2-9-24-22(27)15-25-10-12-26(13-11-25)23(28)16-29-17-7-8-21-19(14-17)18-5-3-4-6-20(18)30-21/h2,7-8,14H,1,3-6,9-13,15-16H2,(H,24,27). The van der Waals surface area contributed by atoms with E-state index in [2.05, 4.69) is 16.8 Å². The van der Waals surface area contributed by atoms with E-state index in [1.54, 1.807) is 11.0 Å². The number of nitrogens with one attached hydrogen (secondary N) is 1. The summed E-state index contributed by atoms with van der Waals surface area (Å²) in [5.41, 5.74) is 2.19. The lowest BCUT2D eigenvalue weighted by molar-refractivity contribution is -0.135. The van der Waals surface area contributed by atoms with Crippen LogP contribution in [0.15, 0.2) is 35.3 Å². The van der Waals surface area contributed by atoms with Crippen LogP contribution in [0, 0.1) is 0 Å². The molecule has 1 aromatic carbocycles. The number of hydrogen-bond acceptors (Lipinski definition) is 5. The van der Waals surface area contributed by atoms with Crippen LogP contribution in [-0.4, -0.2) is 67.5 Å². The molecule has 0 atom stereocenters. The highest BCUT2D eigenvalue weighted by Gasteiger charge is 2.23. The van der Waals surface area contributed by atoms with Gasteiger partial charge in [-0.05, 0) is 37.5 Å². The highest BCUT2D eigenvalue weighted by molar-refractivity contribution is 5.84. The highest BCUT2D eigenvalue weighted by atomic mass is 16.5. The molecule has 2 aromatic rings. The van der Waals surface area contributed by atoms with Crippen molar-refractivity contribution in [3.8, 4) is 5.75 Å². The Morgan fingerprint density at radius 1 is 1.17 bits per heavy atom. The lowest BCUT2D eigenvalue weighted by Crippen LogP contribution is -2.52. The quantitative estimate of drug-likeness (QED) is 0.707. The van der Waals surface area contributed by atoms with Crippen LogP contribution in [0.25, 0.3) is 11.0 Å². The minimum absolute atomic E-state index is 0.0187. The van der Waals surface area contributed by atoms with Crippen LogP contribution in [0.5, 0.6) is 5.75 Å². The smallest absolute Gasteiger partial charge is 0.260 e. The first kappa shape index (κ1) is 20.5. The number of rotatable bonds is 7. The van der Waals surface area contributed by atoms with E-state index in [1.807, 2.05) is 18.2 Å². The van der Waals surface area contributed by atoms with E-state index >= 15 is 0 Å². The van der Waals surface area contributed by atoms with Crippen molar-refractivity contribution < 1.29 is 18.7 Å². The van der Waals surface area contributed by atoms with Crippen LogP contribution in [0.2, 0.25) is 0 Å². The third-order valence-electron chi connectivity index (χ3n) is 5.82. The molecule has 0 bridgehead atoms. The Balaban J connectivity index is 1.27. The minimum atomic E-state index is -0.0277. The summed E-state index contributed by atoms with van der Waals surface area (Å²) in [6.45, 7) is 7.00. The van der Waals surface area contributed by atoms with Gasteiger partial charge in [-0.2, -0.15) is 0 Å². The van der Waals surface area contributed by atoms with Crippen molar-refractivity contribution in [2.24, 2.45) is 0 Å². The molecule has 2 aliphatic rings. The Labute approximate surface area is 176 Å². The zero-order chi connectivity index (χ0) is 20.9. The van der Waals surface area contributed by atoms with E-state index in [-0.39, 0.29) is 18.4 Å². The monoisotopic (exact) mass is 411 g/mol. The van der Waals surface area contributed by atoms with E-state index in [0.29, 0.717) is 45.0 Å². The molecule has 30 heavy (non-hydrogen) atoms. The summed E-state index contributed by atoms with van der Waals surface area (Å²) in [4.78, 5) is 28.2. The maximum absolute atomic E-state index is 12.6. The predicted octanol–water partition coefficient (Wildman–Crippen LogP) is 2.14. The molecule has 4 rings (SSSR count). The third-order valence-corrected chi connectivity index (χ3v) is 5.82. The average Bonchev–Trinajstić information content (AvgIpc) is 3.14. The first-order valence-electron chi connectivity index (χ1n) is 10.7. The normalized spacial score (nSPS) is 16.9. The van der Waals surface area contributed by atoms with Crippen molar-refractivity contribution in [3.05, 3.63) is 42.2 Å². The van der Waals surface area contributed by atoms with Gasteiger partial charge >= 0.3 is 0 Å². The number of benzene rings is 1. The molecule has 1 N–H and O–H groups in total. The van der Waals surface area contributed by atoms with Gasteiger partial charge in [0.05, 0.1) is 6.54 Å². The van der Waals surface area contributed by atoms with Gasteiger partial charge in [-0.25, -0.2) is 0 Å². The maximum atomic E-state index is 12.6. The number of carbonyl (C=O) groups is 2. The molecular formula is C23H29N3O4. The van der Waals surface area contributed by atoms with Crippen molar-refractivity contribution in [1.29, 1.82) is 0 Å². The summed E-state index contributed by atoms with van der Waals surface area (Å²) in [5.74, 6) is 1.75. The summed E-state index contributed by atoms with van der Waals surface area (Å²) in [6, 6.07) is 5.80. The number of carbonyl (C=O) groups excluding carboxylic acids is 2. The van der Waals surface area contributed by atoms with Gasteiger partial charge in [-0.1, -0.05) is 6.08 Å². The Hall–Kier alpha value is -2.80. The Morgan fingerprint density at radius 3 is 2.77 bits per heavy atom. The van der Waals surface area contributed by atoms with Crippen molar-refractivity contribution >= 4 is 22.8 Å². The molecule has 0 saturated carbocycles. The molecule has 1 fully saturated rings. The summed E-state index contributed by atoms with van der Waals surface area (Å²) in [7, 11) is 0. The number of amides is 2. The lowest BCUT2D eigenvalue weighted by atomic mass is 9.96. The number of aryl methyl sites for hydroxylation is 2. The number of piperazine rings is 1. The van der Waals surface area contributed by atoms with E-state index in [0.717, 1.165) is 29.6 Å². The predicted molar refractivity (Wildman–Crippen MR) is 115 cm³/mol. The van der Waals surface area contributed by atoms with Crippen LogP contribution in [0.4, 0.5) is 0 Å². The molecule has 2 heterocycles. The van der Waals surface area contributed by atoms with Crippen molar-refractivity contribution in [2.75, 3.05) is 45.9 Å². The third kappa shape index (κ3) is 4.67. The van der Waals surface area contributed by atoms with E-state index < -0.39 is 0 Å². The molecule has 7 nitrogen and oxygen atoms in total. The SMILES string of the molecule is C=CCNC(=O)CN1CCN(C(=O)COc2ccc3oc4c(c3c2)CCCC4)CC1. The van der Waals surface area contributed by atoms with E-state index in [1.165, 1.54) is 18.4 Å². The van der Waals surface area contributed by atoms with Crippen molar-refractivity contribution in [1.82, 2.24) is 15.1 Å². The number of furan rings is 1. The molecule has 0 spiro atoms. The second kappa shape index (κ2) is 9.34. The molecule has 1 aromatic heterocycles. The van der Waals surface area contributed by atoms with Gasteiger partial charge in [0, 0.05) is 50.1 Å². The van der Waals surface area contributed by atoms with Crippen molar-refractivity contribution in [2.45, 2.75) is 25.7 Å². The van der Waals surface area contributed by atoms with Crippen LogP contribution < -0.4 is 10.1 Å². The fourth-order valence-electron chi connectivity index (χ4n) is 4.17. The largest absolute Gasteiger partial charge is 0.484 e. The Morgan fingerprint density at radius 2 is 1.97 bits per heavy atom. The topological polar surface area (TPSA) is 75.0 Å². The molecule has 0 unspecified atom stereocenters. The number of fused-ring (bicyclic) bond motifs is 3. The minimum Gasteiger partial charge on any atom is -0.484 e. The van der Waals surface area contributed by atoms with Crippen LogP contribution in [-0.2, 0) is 22.4 Å². The van der Waals surface area contributed by atoms with Gasteiger partial charge in [0.2, 0.25) is 5.91 Å². The number of ether oxygens (including phenoxy) is 1. The van der Waals surface area contributed by atoms with Gasteiger partial charge in [0.1, 0.15) is 17.1 Å². The Kier molecular flexibility index (Phi) is 6.38. The van der Waals surface area contributed by atoms with Gasteiger partial charge in [-0.15, -0.1) is 6.58 Å². The second-order valence-corrected chi connectivity index (χ2v) is 7.91. The number of hydrogen-bond donors (Lipinski definition) is 1. The van der Waals surface area contributed by atoms with Crippen LogP contribution in [0.3, 0.4) is 0 Å². The average molecular weight is 412 g/mol. The van der Waals surface area contributed by atoms with Crippen LogP contribution in [0.1, 0.15) is 24.2 Å². The van der Waals surface area contributed by atoms with Gasteiger partial charge in [0.25, 0.3) is 5.91 Å². The van der Waals surface area contributed by atoms with Crippen molar-refractivity contribution in [3.63, 3.8) is 0 Å². The zero-order valence-electron chi connectivity index (χ0n) is 17.3. The summed E-state index contributed by atoms with van der Waals surface area (Å²) >= 11 is 0. The summed E-state index contributed by atoms with van der Waals surface area (Å²) in [6.07, 6.45) is 6.07. The zero-order valence-corrected chi connectivity index (χ0v) is 17.3. The van der Waals surface area contributed by atoms with Gasteiger partial charge in [-0.3, -0.25) is 14.5 Å². The first-order chi connectivity index (χ1) is 14.6. The van der Waals surface area contributed by atoms with Gasteiger partial charge in [0.15, 0.2) is 6.61 Å². The molecular weight excluding hydrogens is 382 g/mol.